The fourth-order valence-electron chi connectivity index (χ4n) is 3.08. The van der Waals surface area contributed by atoms with Crippen molar-refractivity contribution in [2.45, 2.75) is 5.92 Å². The fourth-order valence-corrected chi connectivity index (χ4v) is 4.56. The van der Waals surface area contributed by atoms with Crippen molar-refractivity contribution in [1.29, 1.82) is 0 Å². The average Bonchev–Trinajstić information content (AvgIpc) is 3.04. The van der Waals surface area contributed by atoms with Crippen LogP contribution in [-0.4, -0.2) is 10.9 Å². The maximum atomic E-state index is 13.2. The fraction of sp³-hybridized carbons (Fsp3) is 0.0476. The van der Waals surface area contributed by atoms with E-state index in [4.69, 9.17) is 5.73 Å². The smallest absolute Gasteiger partial charge is 0.236 e. The molecule has 0 aliphatic rings. The van der Waals surface area contributed by atoms with Crippen molar-refractivity contribution < 1.29 is 4.79 Å². The van der Waals surface area contributed by atoms with Crippen molar-refractivity contribution in [2.75, 3.05) is 11.1 Å². The Labute approximate surface area is 169 Å². The lowest BCUT2D eigenvalue weighted by molar-refractivity contribution is -0.116. The van der Waals surface area contributed by atoms with Gasteiger partial charge in [0.25, 0.3) is 0 Å². The Bertz CT molecular complexity index is 1060. The summed E-state index contributed by atoms with van der Waals surface area (Å²) < 4.78 is 1.73. The monoisotopic (exact) mass is 437 g/mol. The standard InChI is InChI=1S/C21H16BrN3OS/c22-16-11-15(12-17-19(16)25-21(23)27-17)24-20(26)18(13-7-3-1-4-8-13)14-9-5-2-6-10-14/h1-12,18H,(H2,23,25)(H,24,26). The third-order valence-electron chi connectivity index (χ3n) is 4.26. The number of anilines is 2. The zero-order valence-corrected chi connectivity index (χ0v) is 16.6. The second-order valence-corrected chi connectivity index (χ2v) is 8.02. The molecule has 4 rings (SSSR count). The molecule has 4 aromatic rings. The number of benzene rings is 3. The molecular formula is C21H16BrN3OS. The van der Waals surface area contributed by atoms with Gasteiger partial charge in [-0.15, -0.1) is 0 Å². The molecule has 0 aliphatic heterocycles. The number of hydrogen-bond acceptors (Lipinski definition) is 4. The van der Waals surface area contributed by atoms with Gasteiger partial charge in [-0.2, -0.15) is 0 Å². The lowest BCUT2D eigenvalue weighted by Gasteiger charge is -2.18. The Hall–Kier alpha value is -2.70. The van der Waals surface area contributed by atoms with E-state index < -0.39 is 5.92 Å². The first kappa shape index (κ1) is 17.7. The highest BCUT2D eigenvalue weighted by molar-refractivity contribution is 9.10. The normalized spacial score (nSPS) is 11.0. The summed E-state index contributed by atoms with van der Waals surface area (Å²) in [6, 6.07) is 23.3. The van der Waals surface area contributed by atoms with Crippen LogP contribution in [0.1, 0.15) is 17.0 Å². The number of nitrogens with zero attached hydrogens (tertiary/aromatic N) is 1. The van der Waals surface area contributed by atoms with Crippen LogP contribution in [-0.2, 0) is 4.79 Å². The molecule has 0 saturated carbocycles. The highest BCUT2D eigenvalue weighted by atomic mass is 79.9. The molecule has 0 spiro atoms. The van der Waals surface area contributed by atoms with Crippen LogP contribution in [0.25, 0.3) is 10.2 Å². The number of nitrogens with one attached hydrogen (secondary N) is 1. The summed E-state index contributed by atoms with van der Waals surface area (Å²) in [5.41, 5.74) is 9.22. The van der Waals surface area contributed by atoms with Crippen LogP contribution in [0, 0.1) is 0 Å². The topological polar surface area (TPSA) is 68.0 Å². The SMILES string of the molecule is Nc1nc2c(Br)cc(NC(=O)C(c3ccccc3)c3ccccc3)cc2s1. The molecular weight excluding hydrogens is 422 g/mol. The summed E-state index contributed by atoms with van der Waals surface area (Å²) in [7, 11) is 0. The zero-order valence-electron chi connectivity index (χ0n) is 14.2. The molecule has 3 aromatic carbocycles. The number of amides is 1. The maximum Gasteiger partial charge on any atom is 0.236 e. The van der Waals surface area contributed by atoms with E-state index in [1.54, 1.807) is 0 Å². The van der Waals surface area contributed by atoms with Gasteiger partial charge in [0.2, 0.25) is 5.91 Å². The third-order valence-corrected chi connectivity index (χ3v) is 5.70. The van der Waals surface area contributed by atoms with Crippen LogP contribution >= 0.6 is 27.3 Å². The first-order valence-corrected chi connectivity index (χ1v) is 9.99. The molecule has 1 heterocycles. The minimum atomic E-state index is -0.395. The van der Waals surface area contributed by atoms with Crippen molar-refractivity contribution in [3.05, 3.63) is 88.4 Å². The highest BCUT2D eigenvalue weighted by Gasteiger charge is 2.23. The number of nitrogens with two attached hydrogens (primary N) is 1. The van der Waals surface area contributed by atoms with Crippen molar-refractivity contribution in [3.8, 4) is 0 Å². The van der Waals surface area contributed by atoms with Crippen LogP contribution in [0.5, 0.6) is 0 Å². The Morgan fingerprint density at radius 3 is 2.19 bits per heavy atom. The molecule has 134 valence electrons. The lowest BCUT2D eigenvalue weighted by Crippen LogP contribution is -2.22. The van der Waals surface area contributed by atoms with Crippen LogP contribution in [0.4, 0.5) is 10.8 Å². The number of carbonyl (C=O) groups excluding carboxylic acids is 1. The summed E-state index contributed by atoms with van der Waals surface area (Å²) in [5.74, 6) is -0.482. The quantitative estimate of drug-likeness (QED) is 0.448. The van der Waals surface area contributed by atoms with Gasteiger partial charge < -0.3 is 11.1 Å². The van der Waals surface area contributed by atoms with E-state index in [1.165, 1.54) is 11.3 Å². The summed E-state index contributed by atoms with van der Waals surface area (Å²) in [6.07, 6.45) is 0. The molecule has 1 amide bonds. The molecule has 0 aliphatic carbocycles. The first-order chi connectivity index (χ1) is 13.1. The van der Waals surface area contributed by atoms with E-state index in [-0.39, 0.29) is 5.91 Å². The van der Waals surface area contributed by atoms with Crippen LogP contribution in [0.3, 0.4) is 0 Å². The molecule has 0 bridgehead atoms. The van der Waals surface area contributed by atoms with Gasteiger partial charge in [0, 0.05) is 10.2 Å². The highest BCUT2D eigenvalue weighted by Crippen LogP contribution is 2.34. The molecule has 1 aromatic heterocycles. The Balaban J connectivity index is 1.70. The van der Waals surface area contributed by atoms with Crippen molar-refractivity contribution >= 4 is 54.2 Å². The van der Waals surface area contributed by atoms with Crippen LogP contribution in [0.2, 0.25) is 0 Å². The van der Waals surface area contributed by atoms with Crippen LogP contribution < -0.4 is 11.1 Å². The van der Waals surface area contributed by atoms with E-state index in [1.807, 2.05) is 72.8 Å². The van der Waals surface area contributed by atoms with Gasteiger partial charge in [-0.1, -0.05) is 72.0 Å². The van der Waals surface area contributed by atoms with Gasteiger partial charge >= 0.3 is 0 Å². The van der Waals surface area contributed by atoms with Gasteiger partial charge in [-0.05, 0) is 39.2 Å². The number of halogens is 1. The third kappa shape index (κ3) is 3.72. The molecule has 27 heavy (non-hydrogen) atoms. The number of aromatic nitrogens is 1. The number of fused-ring (bicyclic) bond motifs is 1. The zero-order chi connectivity index (χ0) is 18.8. The molecule has 3 N–H and O–H groups in total. The summed E-state index contributed by atoms with van der Waals surface area (Å²) in [5, 5.41) is 3.55. The molecule has 0 unspecified atom stereocenters. The number of thiazole rings is 1. The van der Waals surface area contributed by atoms with Crippen molar-refractivity contribution in [3.63, 3.8) is 0 Å². The summed E-state index contributed by atoms with van der Waals surface area (Å²) in [6.45, 7) is 0. The minimum Gasteiger partial charge on any atom is -0.375 e. The minimum absolute atomic E-state index is 0.0869. The second-order valence-electron chi connectivity index (χ2n) is 6.10. The first-order valence-electron chi connectivity index (χ1n) is 8.38. The van der Waals surface area contributed by atoms with Gasteiger partial charge in [0.1, 0.15) is 0 Å². The lowest BCUT2D eigenvalue weighted by atomic mass is 9.90. The molecule has 0 fully saturated rings. The number of carbonyl (C=O) groups is 1. The van der Waals surface area contributed by atoms with E-state index >= 15 is 0 Å². The molecule has 4 nitrogen and oxygen atoms in total. The predicted molar refractivity (Wildman–Crippen MR) is 115 cm³/mol. The number of nitrogen functional groups attached to an aromatic ring is 1. The van der Waals surface area contributed by atoms with E-state index in [0.717, 1.165) is 25.8 Å². The van der Waals surface area contributed by atoms with E-state index in [0.29, 0.717) is 10.8 Å². The van der Waals surface area contributed by atoms with Gasteiger partial charge in [0.15, 0.2) is 5.13 Å². The van der Waals surface area contributed by atoms with Gasteiger partial charge in [0.05, 0.1) is 16.1 Å². The number of rotatable bonds is 4. The Kier molecular flexibility index (Phi) is 4.92. The molecule has 0 saturated heterocycles. The van der Waals surface area contributed by atoms with Gasteiger partial charge in [-0.25, -0.2) is 4.98 Å². The largest absolute Gasteiger partial charge is 0.375 e. The summed E-state index contributed by atoms with van der Waals surface area (Å²) >= 11 is 4.91. The van der Waals surface area contributed by atoms with E-state index in [2.05, 4.69) is 26.2 Å². The van der Waals surface area contributed by atoms with Crippen molar-refractivity contribution in [2.24, 2.45) is 0 Å². The molecule has 0 atom stereocenters. The van der Waals surface area contributed by atoms with Crippen LogP contribution in [0.15, 0.2) is 77.3 Å². The molecule has 6 heteroatoms. The Morgan fingerprint density at radius 2 is 1.59 bits per heavy atom. The van der Waals surface area contributed by atoms with E-state index in [9.17, 15) is 4.79 Å². The average molecular weight is 438 g/mol. The number of hydrogen-bond donors (Lipinski definition) is 2. The summed E-state index contributed by atoms with van der Waals surface area (Å²) in [4.78, 5) is 17.5. The maximum absolute atomic E-state index is 13.2. The molecule has 0 radical (unpaired) electrons. The van der Waals surface area contributed by atoms with Crippen molar-refractivity contribution in [1.82, 2.24) is 4.98 Å². The predicted octanol–water partition coefficient (Wildman–Crippen LogP) is 5.41. The van der Waals surface area contributed by atoms with Gasteiger partial charge in [-0.3, -0.25) is 4.79 Å². The Morgan fingerprint density at radius 1 is 1.00 bits per heavy atom. The second kappa shape index (κ2) is 7.50.